The molecule has 0 saturated carbocycles. The van der Waals surface area contributed by atoms with Crippen molar-refractivity contribution in [3.05, 3.63) is 33.3 Å². The Morgan fingerprint density at radius 3 is 2.36 bits per heavy atom. The van der Waals surface area contributed by atoms with Crippen molar-refractivity contribution in [3.63, 3.8) is 0 Å². The lowest BCUT2D eigenvalue weighted by Crippen LogP contribution is -2.25. The summed E-state index contributed by atoms with van der Waals surface area (Å²) in [5.74, 6) is 0. The number of aliphatic hydroxyl groups excluding tert-OH is 1. The first-order chi connectivity index (χ1) is 6.43. The van der Waals surface area contributed by atoms with Gasteiger partial charge in [-0.25, -0.2) is 0 Å². The van der Waals surface area contributed by atoms with Gasteiger partial charge in [0.2, 0.25) is 0 Å². The predicted molar refractivity (Wildman–Crippen MR) is 62.2 cm³/mol. The van der Waals surface area contributed by atoms with Gasteiger partial charge in [-0.15, -0.1) is 0 Å². The van der Waals surface area contributed by atoms with Crippen molar-refractivity contribution in [2.24, 2.45) is 5.73 Å². The number of aryl methyl sites for hydroxylation is 2. The minimum absolute atomic E-state index is 0.247. The quantitative estimate of drug-likeness (QED) is 0.855. The van der Waals surface area contributed by atoms with Crippen LogP contribution in [0.2, 0.25) is 0 Å². The molecule has 1 aromatic rings. The van der Waals surface area contributed by atoms with E-state index < -0.39 is 6.10 Å². The Balaban J connectivity index is 3.15. The van der Waals surface area contributed by atoms with E-state index in [0.717, 1.165) is 15.6 Å². The highest BCUT2D eigenvalue weighted by Crippen LogP contribution is 2.26. The molecule has 0 amide bonds. The maximum absolute atomic E-state index is 9.85. The first kappa shape index (κ1) is 11.7. The van der Waals surface area contributed by atoms with E-state index in [0.29, 0.717) is 0 Å². The Labute approximate surface area is 93.3 Å². The topological polar surface area (TPSA) is 46.2 Å². The minimum atomic E-state index is -0.591. The first-order valence-electron chi connectivity index (χ1n) is 4.63. The van der Waals surface area contributed by atoms with E-state index in [-0.39, 0.29) is 6.04 Å². The van der Waals surface area contributed by atoms with Crippen LogP contribution in [-0.2, 0) is 0 Å². The van der Waals surface area contributed by atoms with Gasteiger partial charge in [0.1, 0.15) is 0 Å². The number of hydrogen-bond acceptors (Lipinski definition) is 2. The highest BCUT2D eigenvalue weighted by molar-refractivity contribution is 9.10. The fourth-order valence-corrected chi connectivity index (χ4v) is 1.80. The van der Waals surface area contributed by atoms with Gasteiger partial charge in [-0.3, -0.25) is 0 Å². The molecule has 0 heterocycles. The normalized spacial score (nSPS) is 15.3. The molecule has 0 unspecified atom stereocenters. The maximum Gasteiger partial charge on any atom is 0.0941 e. The molecule has 3 heteroatoms. The summed E-state index contributed by atoms with van der Waals surface area (Å²) < 4.78 is 1.01. The average Bonchev–Trinajstić information content (AvgIpc) is 2.10. The summed E-state index contributed by atoms with van der Waals surface area (Å²) in [5.41, 5.74) is 8.81. The fraction of sp³-hybridized carbons (Fsp3) is 0.455. The Bertz CT molecular complexity index is 336. The van der Waals surface area contributed by atoms with Crippen LogP contribution in [0, 0.1) is 13.8 Å². The molecule has 0 aliphatic rings. The number of nitrogens with two attached hydrogens (primary N) is 1. The first-order valence-corrected chi connectivity index (χ1v) is 5.43. The highest BCUT2D eigenvalue weighted by Gasteiger charge is 2.15. The number of aliphatic hydroxyl groups is 1. The number of rotatable bonds is 2. The van der Waals surface area contributed by atoms with E-state index in [2.05, 4.69) is 15.9 Å². The zero-order valence-electron chi connectivity index (χ0n) is 8.71. The standard InChI is InChI=1S/C11H16BrNO/c1-6-4-7(2)10(12)5-9(6)11(14)8(3)13/h4-5,8,11,14H,13H2,1-3H3/t8-,11-/m1/s1. The third kappa shape index (κ3) is 2.35. The summed E-state index contributed by atoms with van der Waals surface area (Å²) >= 11 is 3.45. The molecule has 0 spiro atoms. The van der Waals surface area contributed by atoms with Gasteiger partial charge in [-0.1, -0.05) is 22.0 Å². The van der Waals surface area contributed by atoms with Crippen molar-refractivity contribution in [3.8, 4) is 0 Å². The van der Waals surface area contributed by atoms with Crippen molar-refractivity contribution in [1.29, 1.82) is 0 Å². The van der Waals surface area contributed by atoms with Crippen molar-refractivity contribution in [2.75, 3.05) is 0 Å². The summed E-state index contributed by atoms with van der Waals surface area (Å²) in [6.45, 7) is 5.82. The van der Waals surface area contributed by atoms with E-state index in [1.165, 1.54) is 5.56 Å². The second-order valence-corrected chi connectivity index (χ2v) is 4.62. The molecule has 78 valence electrons. The van der Waals surface area contributed by atoms with Crippen molar-refractivity contribution >= 4 is 15.9 Å². The van der Waals surface area contributed by atoms with Crippen LogP contribution < -0.4 is 5.73 Å². The lowest BCUT2D eigenvalue weighted by Gasteiger charge is -2.18. The Morgan fingerprint density at radius 1 is 1.29 bits per heavy atom. The second-order valence-electron chi connectivity index (χ2n) is 3.76. The average molecular weight is 258 g/mol. The van der Waals surface area contributed by atoms with Crippen molar-refractivity contribution in [2.45, 2.75) is 32.9 Å². The van der Waals surface area contributed by atoms with Crippen LogP contribution in [0.1, 0.15) is 29.7 Å². The number of benzene rings is 1. The molecule has 2 nitrogen and oxygen atoms in total. The van der Waals surface area contributed by atoms with Crippen LogP contribution >= 0.6 is 15.9 Å². The molecule has 0 fully saturated rings. The summed E-state index contributed by atoms with van der Waals surface area (Å²) in [5, 5.41) is 9.85. The lowest BCUT2D eigenvalue weighted by atomic mass is 9.97. The molecule has 1 aromatic carbocycles. The SMILES string of the molecule is Cc1cc(C)c([C@H](O)[C@@H](C)N)cc1Br. The fourth-order valence-electron chi connectivity index (χ4n) is 1.44. The van der Waals surface area contributed by atoms with Gasteiger partial charge in [0.05, 0.1) is 6.10 Å². The van der Waals surface area contributed by atoms with Gasteiger partial charge < -0.3 is 10.8 Å². The Morgan fingerprint density at radius 2 is 1.86 bits per heavy atom. The third-order valence-corrected chi connectivity index (χ3v) is 3.22. The van der Waals surface area contributed by atoms with Crippen molar-refractivity contribution in [1.82, 2.24) is 0 Å². The monoisotopic (exact) mass is 257 g/mol. The van der Waals surface area contributed by atoms with Crippen LogP contribution in [0.15, 0.2) is 16.6 Å². The Hall–Kier alpha value is -0.380. The van der Waals surface area contributed by atoms with Gasteiger partial charge in [0.15, 0.2) is 0 Å². The smallest absolute Gasteiger partial charge is 0.0941 e. The van der Waals surface area contributed by atoms with Crippen molar-refractivity contribution < 1.29 is 5.11 Å². The summed E-state index contributed by atoms with van der Waals surface area (Å²) in [6, 6.07) is 3.74. The minimum Gasteiger partial charge on any atom is -0.387 e. The molecule has 1 rings (SSSR count). The van der Waals surface area contributed by atoms with Gasteiger partial charge in [0, 0.05) is 10.5 Å². The van der Waals surface area contributed by atoms with Crippen LogP contribution in [0.5, 0.6) is 0 Å². The molecule has 2 atom stereocenters. The summed E-state index contributed by atoms with van der Waals surface area (Å²) in [6.07, 6.45) is -0.591. The maximum atomic E-state index is 9.85. The third-order valence-electron chi connectivity index (χ3n) is 2.36. The predicted octanol–water partition coefficient (Wildman–Crippen LogP) is 2.45. The van der Waals surface area contributed by atoms with Crippen LogP contribution in [-0.4, -0.2) is 11.1 Å². The van der Waals surface area contributed by atoms with Crippen LogP contribution in [0.4, 0.5) is 0 Å². The van der Waals surface area contributed by atoms with Gasteiger partial charge in [-0.2, -0.15) is 0 Å². The molecular formula is C11H16BrNO. The molecule has 0 aliphatic heterocycles. The van der Waals surface area contributed by atoms with E-state index in [9.17, 15) is 5.11 Å². The molecule has 0 bridgehead atoms. The van der Waals surface area contributed by atoms with Gasteiger partial charge in [0.25, 0.3) is 0 Å². The molecule has 0 radical (unpaired) electrons. The van der Waals surface area contributed by atoms with Crippen LogP contribution in [0.25, 0.3) is 0 Å². The molecule has 0 saturated heterocycles. The van der Waals surface area contributed by atoms with E-state index in [4.69, 9.17) is 5.73 Å². The summed E-state index contributed by atoms with van der Waals surface area (Å²) in [4.78, 5) is 0. The summed E-state index contributed by atoms with van der Waals surface area (Å²) in [7, 11) is 0. The molecule has 0 aliphatic carbocycles. The van der Waals surface area contributed by atoms with Gasteiger partial charge in [-0.05, 0) is 43.5 Å². The molecule has 14 heavy (non-hydrogen) atoms. The molecular weight excluding hydrogens is 242 g/mol. The van der Waals surface area contributed by atoms with E-state index in [1.54, 1.807) is 6.92 Å². The molecule has 3 N–H and O–H groups in total. The second kappa shape index (κ2) is 4.43. The zero-order chi connectivity index (χ0) is 10.9. The zero-order valence-corrected chi connectivity index (χ0v) is 10.3. The van der Waals surface area contributed by atoms with E-state index >= 15 is 0 Å². The Kier molecular flexibility index (Phi) is 3.70. The molecule has 0 aromatic heterocycles. The van der Waals surface area contributed by atoms with Crippen LogP contribution in [0.3, 0.4) is 0 Å². The van der Waals surface area contributed by atoms with Gasteiger partial charge >= 0.3 is 0 Å². The largest absolute Gasteiger partial charge is 0.387 e. The number of hydrogen-bond donors (Lipinski definition) is 2. The lowest BCUT2D eigenvalue weighted by molar-refractivity contribution is 0.152. The van der Waals surface area contributed by atoms with E-state index in [1.807, 2.05) is 26.0 Å². The number of halogens is 1. The highest BCUT2D eigenvalue weighted by atomic mass is 79.9.